The molecule has 5 heteroatoms. The van der Waals surface area contributed by atoms with Gasteiger partial charge in [0.2, 0.25) is 0 Å². The fourth-order valence-corrected chi connectivity index (χ4v) is 2.65. The predicted octanol–water partition coefficient (Wildman–Crippen LogP) is 3.11. The Bertz CT molecular complexity index is 655. The van der Waals surface area contributed by atoms with E-state index in [2.05, 4.69) is 28.6 Å². The van der Waals surface area contributed by atoms with Crippen molar-refractivity contribution in [2.45, 2.75) is 53.5 Å². The first-order valence-electron chi connectivity index (χ1n) is 7.74. The highest BCUT2D eigenvalue weighted by atomic mass is 16.2. The number of carbonyl (C=O) groups excluding carboxylic acids is 1. The van der Waals surface area contributed by atoms with Gasteiger partial charge in [-0.1, -0.05) is 24.6 Å². The van der Waals surface area contributed by atoms with Gasteiger partial charge in [0.05, 0.1) is 11.4 Å². The molecule has 2 rings (SSSR count). The van der Waals surface area contributed by atoms with Gasteiger partial charge < -0.3 is 5.32 Å². The quantitative estimate of drug-likeness (QED) is 0.923. The third-order valence-corrected chi connectivity index (χ3v) is 3.66. The lowest BCUT2D eigenvalue weighted by molar-refractivity contribution is 0.0932. The van der Waals surface area contributed by atoms with Gasteiger partial charge in [0.25, 0.3) is 5.91 Å². The molecule has 0 bridgehead atoms. The first-order valence-corrected chi connectivity index (χ1v) is 7.74. The number of nitrogens with one attached hydrogen (secondary N) is 1. The molecule has 2 aromatic rings. The summed E-state index contributed by atoms with van der Waals surface area (Å²) in [4.78, 5) is 12.3. The molecule has 0 aliphatic carbocycles. The fraction of sp³-hybridized carbons (Fsp3) is 0.471. The number of nitrogens with zero attached hydrogens (tertiary/aromatic N) is 3. The van der Waals surface area contributed by atoms with E-state index in [9.17, 15) is 4.79 Å². The van der Waals surface area contributed by atoms with Crippen molar-refractivity contribution in [3.05, 3.63) is 40.7 Å². The second-order valence-corrected chi connectivity index (χ2v) is 5.94. The summed E-state index contributed by atoms with van der Waals surface area (Å²) in [5, 5.41) is 11.2. The first kappa shape index (κ1) is 16.2. The number of benzene rings is 1. The Labute approximate surface area is 131 Å². The minimum Gasteiger partial charge on any atom is -0.348 e. The average Bonchev–Trinajstić information content (AvgIpc) is 2.79. The highest BCUT2D eigenvalue weighted by Crippen LogP contribution is 2.16. The van der Waals surface area contributed by atoms with Gasteiger partial charge in [-0.3, -0.25) is 4.79 Å². The normalized spacial score (nSPS) is 12.2. The van der Waals surface area contributed by atoms with E-state index >= 15 is 0 Å². The van der Waals surface area contributed by atoms with Crippen LogP contribution in [0.15, 0.2) is 18.2 Å². The van der Waals surface area contributed by atoms with Gasteiger partial charge in [-0.2, -0.15) is 0 Å². The fourth-order valence-electron chi connectivity index (χ4n) is 2.65. The van der Waals surface area contributed by atoms with Crippen molar-refractivity contribution in [3.8, 4) is 5.69 Å². The third kappa shape index (κ3) is 3.53. The summed E-state index contributed by atoms with van der Waals surface area (Å²) in [5.41, 5.74) is 4.40. The number of hydrogen-bond donors (Lipinski definition) is 1. The molecule has 0 saturated heterocycles. The molecular formula is C17H24N4O. The molecule has 1 amide bonds. The van der Waals surface area contributed by atoms with Crippen molar-refractivity contribution >= 4 is 5.91 Å². The van der Waals surface area contributed by atoms with Crippen LogP contribution in [-0.4, -0.2) is 26.9 Å². The monoisotopic (exact) mass is 300 g/mol. The molecule has 0 fully saturated rings. The summed E-state index contributed by atoms with van der Waals surface area (Å²) >= 11 is 0. The molecule has 0 aliphatic heterocycles. The largest absolute Gasteiger partial charge is 0.348 e. The van der Waals surface area contributed by atoms with E-state index in [0.29, 0.717) is 5.69 Å². The number of amides is 1. The molecule has 118 valence electrons. The zero-order valence-corrected chi connectivity index (χ0v) is 14.0. The summed E-state index contributed by atoms with van der Waals surface area (Å²) in [6.07, 6.45) is 1.99. The van der Waals surface area contributed by atoms with E-state index in [1.807, 2.05) is 39.8 Å². The average molecular weight is 300 g/mol. The maximum atomic E-state index is 12.3. The van der Waals surface area contributed by atoms with Crippen molar-refractivity contribution < 1.29 is 4.79 Å². The number of rotatable bonds is 5. The van der Waals surface area contributed by atoms with Crippen LogP contribution in [0, 0.1) is 20.8 Å². The molecule has 22 heavy (non-hydrogen) atoms. The first-order chi connectivity index (χ1) is 10.4. The van der Waals surface area contributed by atoms with Gasteiger partial charge in [-0.25, -0.2) is 4.68 Å². The van der Waals surface area contributed by atoms with Crippen LogP contribution in [0.3, 0.4) is 0 Å². The number of hydrogen-bond acceptors (Lipinski definition) is 3. The summed E-state index contributed by atoms with van der Waals surface area (Å²) in [6.45, 7) is 10.1. The summed E-state index contributed by atoms with van der Waals surface area (Å²) < 4.78 is 1.72. The Kier molecular flexibility index (Phi) is 4.96. The summed E-state index contributed by atoms with van der Waals surface area (Å²) in [7, 11) is 0. The molecule has 1 aromatic carbocycles. The summed E-state index contributed by atoms with van der Waals surface area (Å²) in [5.74, 6) is -0.158. The molecule has 1 atom stereocenters. The summed E-state index contributed by atoms with van der Waals surface area (Å²) in [6, 6.07) is 6.32. The Morgan fingerprint density at radius 3 is 2.45 bits per heavy atom. The lowest BCUT2D eigenvalue weighted by atomic mass is 10.1. The highest BCUT2D eigenvalue weighted by Gasteiger charge is 2.18. The van der Waals surface area contributed by atoms with Gasteiger partial charge in [-0.05, 0) is 57.4 Å². The van der Waals surface area contributed by atoms with Crippen molar-refractivity contribution in [1.29, 1.82) is 0 Å². The molecule has 5 nitrogen and oxygen atoms in total. The topological polar surface area (TPSA) is 59.8 Å². The predicted molar refractivity (Wildman–Crippen MR) is 87.4 cm³/mol. The number of aromatic nitrogens is 3. The van der Waals surface area contributed by atoms with Crippen LogP contribution in [-0.2, 0) is 0 Å². The van der Waals surface area contributed by atoms with Crippen LogP contribution in [0.4, 0.5) is 0 Å². The van der Waals surface area contributed by atoms with Crippen LogP contribution < -0.4 is 5.32 Å². The van der Waals surface area contributed by atoms with Crippen LogP contribution in [0.1, 0.15) is 54.0 Å². The minimum atomic E-state index is -0.158. The Morgan fingerprint density at radius 1 is 1.23 bits per heavy atom. The number of carbonyl (C=O) groups is 1. The van der Waals surface area contributed by atoms with Gasteiger partial charge in [0, 0.05) is 6.04 Å². The van der Waals surface area contributed by atoms with E-state index in [-0.39, 0.29) is 11.9 Å². The lowest BCUT2D eigenvalue weighted by Crippen LogP contribution is -2.33. The molecule has 0 aliphatic rings. The van der Waals surface area contributed by atoms with Crippen molar-refractivity contribution in [2.75, 3.05) is 0 Å². The molecule has 1 heterocycles. The van der Waals surface area contributed by atoms with Crippen LogP contribution in [0.25, 0.3) is 5.69 Å². The van der Waals surface area contributed by atoms with Gasteiger partial charge in [0.1, 0.15) is 0 Å². The third-order valence-electron chi connectivity index (χ3n) is 3.66. The van der Waals surface area contributed by atoms with Gasteiger partial charge in [-0.15, -0.1) is 5.10 Å². The van der Waals surface area contributed by atoms with E-state index in [1.165, 1.54) is 0 Å². The SMILES string of the molecule is CCCC(C)NC(=O)c1nnn(-c2cc(C)cc(C)c2)c1C. The Balaban J connectivity index is 2.27. The van der Waals surface area contributed by atoms with Gasteiger partial charge in [0.15, 0.2) is 5.69 Å². The van der Waals surface area contributed by atoms with Crippen molar-refractivity contribution in [2.24, 2.45) is 0 Å². The second kappa shape index (κ2) is 6.73. The highest BCUT2D eigenvalue weighted by molar-refractivity contribution is 5.93. The Morgan fingerprint density at radius 2 is 1.86 bits per heavy atom. The minimum absolute atomic E-state index is 0.142. The standard InChI is InChI=1S/C17H24N4O/c1-6-7-13(4)18-17(22)16-14(5)21(20-19-16)15-9-11(2)8-12(3)10-15/h8-10,13H,6-7H2,1-5H3,(H,18,22). The van der Waals surface area contributed by atoms with E-state index in [0.717, 1.165) is 35.3 Å². The van der Waals surface area contributed by atoms with Gasteiger partial charge >= 0.3 is 0 Å². The molecule has 1 aromatic heterocycles. The van der Waals surface area contributed by atoms with Crippen LogP contribution >= 0.6 is 0 Å². The zero-order chi connectivity index (χ0) is 16.3. The molecule has 1 N–H and O–H groups in total. The maximum Gasteiger partial charge on any atom is 0.273 e. The zero-order valence-electron chi connectivity index (χ0n) is 14.0. The van der Waals surface area contributed by atoms with E-state index in [1.54, 1.807) is 4.68 Å². The number of aryl methyl sites for hydroxylation is 2. The van der Waals surface area contributed by atoms with Crippen LogP contribution in [0.5, 0.6) is 0 Å². The Hall–Kier alpha value is -2.17. The van der Waals surface area contributed by atoms with E-state index in [4.69, 9.17) is 0 Å². The molecule has 1 unspecified atom stereocenters. The van der Waals surface area contributed by atoms with E-state index < -0.39 is 0 Å². The van der Waals surface area contributed by atoms with Crippen molar-refractivity contribution in [3.63, 3.8) is 0 Å². The van der Waals surface area contributed by atoms with Crippen LogP contribution in [0.2, 0.25) is 0 Å². The second-order valence-electron chi connectivity index (χ2n) is 5.94. The maximum absolute atomic E-state index is 12.3. The smallest absolute Gasteiger partial charge is 0.273 e. The molecule has 0 radical (unpaired) electrons. The molecule has 0 spiro atoms. The molecule has 0 saturated carbocycles. The molecular weight excluding hydrogens is 276 g/mol. The van der Waals surface area contributed by atoms with Crippen molar-refractivity contribution in [1.82, 2.24) is 20.3 Å². The lowest BCUT2D eigenvalue weighted by Gasteiger charge is -2.11.